The minimum atomic E-state index is -0.921. The second-order valence-corrected chi connectivity index (χ2v) is 5.46. The minimum Gasteiger partial charge on any atom is -0.480 e. The number of nitrogens with zero attached hydrogens (tertiary/aromatic N) is 2. The molecule has 0 aromatic carbocycles. The Bertz CT molecular complexity index is 504. The molecule has 1 aliphatic rings. The molecule has 2 N–H and O–H groups in total. The molecule has 1 aliphatic heterocycles. The van der Waals surface area contributed by atoms with E-state index in [-0.39, 0.29) is 5.91 Å². The smallest absolute Gasteiger partial charge is 0.326 e. The third kappa shape index (κ3) is 2.55. The van der Waals surface area contributed by atoms with Gasteiger partial charge in [0.1, 0.15) is 6.04 Å². The molecule has 1 aromatic rings. The Hall–Kier alpha value is -1.85. The summed E-state index contributed by atoms with van der Waals surface area (Å²) in [6.45, 7) is 6.09. The maximum atomic E-state index is 12.6. The number of amides is 1. The largest absolute Gasteiger partial charge is 0.480 e. The molecular formula is C14H21N3O3. The van der Waals surface area contributed by atoms with Gasteiger partial charge >= 0.3 is 5.97 Å². The Kier molecular flexibility index (Phi) is 4.11. The number of carboxylic acids is 1. The van der Waals surface area contributed by atoms with E-state index in [1.165, 1.54) is 4.90 Å². The Morgan fingerprint density at radius 1 is 1.45 bits per heavy atom. The molecule has 1 aromatic heterocycles. The lowest BCUT2D eigenvalue weighted by molar-refractivity contribution is -0.144. The van der Waals surface area contributed by atoms with Crippen molar-refractivity contribution in [3.63, 3.8) is 0 Å². The van der Waals surface area contributed by atoms with E-state index in [2.05, 4.69) is 17.1 Å². The number of hydrogen-bond acceptors (Lipinski definition) is 3. The van der Waals surface area contributed by atoms with Gasteiger partial charge < -0.3 is 10.0 Å². The summed E-state index contributed by atoms with van der Waals surface area (Å²) in [6, 6.07) is -0.727. The number of carboxylic acid groups (broad SMARTS) is 1. The van der Waals surface area contributed by atoms with Crippen molar-refractivity contribution in [3.05, 3.63) is 17.0 Å². The van der Waals surface area contributed by atoms with Crippen LogP contribution in [0.5, 0.6) is 0 Å². The molecule has 2 atom stereocenters. The summed E-state index contributed by atoms with van der Waals surface area (Å²) in [5.74, 6) is -0.766. The van der Waals surface area contributed by atoms with Gasteiger partial charge in [0.25, 0.3) is 5.91 Å². The van der Waals surface area contributed by atoms with Crippen LogP contribution in [0.3, 0.4) is 0 Å². The second kappa shape index (κ2) is 5.64. The van der Waals surface area contributed by atoms with Gasteiger partial charge in [0.15, 0.2) is 0 Å². The Morgan fingerprint density at radius 2 is 2.15 bits per heavy atom. The van der Waals surface area contributed by atoms with Crippen molar-refractivity contribution in [2.45, 2.75) is 46.1 Å². The number of carbonyl (C=O) groups excluding carboxylic acids is 1. The lowest BCUT2D eigenvalue weighted by Crippen LogP contribution is -2.50. The molecule has 1 fully saturated rings. The quantitative estimate of drug-likeness (QED) is 0.882. The van der Waals surface area contributed by atoms with E-state index in [1.54, 1.807) is 13.8 Å². The third-order valence-electron chi connectivity index (χ3n) is 4.18. The monoisotopic (exact) mass is 279 g/mol. The lowest BCUT2D eigenvalue weighted by Gasteiger charge is -2.37. The highest BCUT2D eigenvalue weighted by Crippen LogP contribution is 2.27. The molecule has 0 bridgehead atoms. The van der Waals surface area contributed by atoms with Gasteiger partial charge in [-0.15, -0.1) is 0 Å². The zero-order chi connectivity index (χ0) is 14.9. The number of H-pyrrole nitrogens is 1. The fourth-order valence-electron chi connectivity index (χ4n) is 2.90. The van der Waals surface area contributed by atoms with Gasteiger partial charge in [0.05, 0.1) is 11.3 Å². The second-order valence-electron chi connectivity index (χ2n) is 5.46. The first-order valence-corrected chi connectivity index (χ1v) is 7.01. The molecule has 0 radical (unpaired) electrons. The van der Waals surface area contributed by atoms with Crippen molar-refractivity contribution in [1.82, 2.24) is 15.1 Å². The molecule has 0 saturated carbocycles. The molecule has 0 aliphatic carbocycles. The molecule has 1 amide bonds. The van der Waals surface area contributed by atoms with Crippen molar-refractivity contribution in [3.8, 4) is 0 Å². The predicted octanol–water partition coefficient (Wildman–Crippen LogP) is 1.74. The molecule has 6 heteroatoms. The first kappa shape index (κ1) is 14.6. The van der Waals surface area contributed by atoms with Gasteiger partial charge in [-0.1, -0.05) is 13.3 Å². The van der Waals surface area contributed by atoms with Crippen LogP contribution < -0.4 is 0 Å². The normalized spacial score (nSPS) is 22.9. The van der Waals surface area contributed by atoms with Crippen LogP contribution in [0.15, 0.2) is 0 Å². The van der Waals surface area contributed by atoms with E-state index in [0.717, 1.165) is 12.8 Å². The SMILES string of the molecule is CCC1CCN(C(=O)c2c(C)n[nH]c2C)C(C(=O)O)C1. The lowest BCUT2D eigenvalue weighted by atomic mass is 9.88. The molecule has 1 saturated heterocycles. The Labute approximate surface area is 118 Å². The summed E-state index contributed by atoms with van der Waals surface area (Å²) in [5.41, 5.74) is 1.81. The van der Waals surface area contributed by atoms with Crippen LogP contribution in [-0.2, 0) is 4.79 Å². The number of aromatic amines is 1. The highest BCUT2D eigenvalue weighted by Gasteiger charge is 2.37. The van der Waals surface area contributed by atoms with E-state index in [0.29, 0.717) is 35.8 Å². The number of carbonyl (C=O) groups is 2. The van der Waals surface area contributed by atoms with Crippen molar-refractivity contribution >= 4 is 11.9 Å². The Morgan fingerprint density at radius 3 is 2.65 bits per heavy atom. The first-order valence-electron chi connectivity index (χ1n) is 7.01. The standard InChI is InChI=1S/C14H21N3O3/c1-4-10-5-6-17(11(7-10)14(19)20)13(18)12-8(2)15-16-9(12)3/h10-11H,4-7H2,1-3H3,(H,15,16)(H,19,20). The van der Waals surface area contributed by atoms with Crippen molar-refractivity contribution < 1.29 is 14.7 Å². The average molecular weight is 279 g/mol. The van der Waals surface area contributed by atoms with Crippen LogP contribution in [0.4, 0.5) is 0 Å². The highest BCUT2D eigenvalue weighted by molar-refractivity contribution is 5.98. The number of hydrogen-bond donors (Lipinski definition) is 2. The van der Waals surface area contributed by atoms with Crippen LogP contribution in [-0.4, -0.2) is 44.7 Å². The van der Waals surface area contributed by atoms with E-state index >= 15 is 0 Å². The van der Waals surface area contributed by atoms with E-state index in [4.69, 9.17) is 0 Å². The van der Waals surface area contributed by atoms with Crippen LogP contribution in [0.2, 0.25) is 0 Å². The molecule has 0 spiro atoms. The fraction of sp³-hybridized carbons (Fsp3) is 0.643. The molecular weight excluding hydrogens is 258 g/mol. The number of piperidine rings is 1. The molecule has 20 heavy (non-hydrogen) atoms. The number of likely N-dealkylation sites (tertiary alicyclic amines) is 1. The minimum absolute atomic E-state index is 0.226. The number of aliphatic carboxylic acids is 1. The average Bonchev–Trinajstić information content (AvgIpc) is 2.76. The number of rotatable bonds is 3. The molecule has 2 unspecified atom stereocenters. The maximum Gasteiger partial charge on any atom is 0.326 e. The zero-order valence-electron chi connectivity index (χ0n) is 12.1. The van der Waals surface area contributed by atoms with Crippen molar-refractivity contribution in [1.29, 1.82) is 0 Å². The Balaban J connectivity index is 2.26. The first-order chi connectivity index (χ1) is 9.45. The van der Waals surface area contributed by atoms with Crippen LogP contribution >= 0.6 is 0 Å². The maximum absolute atomic E-state index is 12.6. The van der Waals surface area contributed by atoms with Gasteiger partial charge in [-0.3, -0.25) is 9.89 Å². The summed E-state index contributed by atoms with van der Waals surface area (Å²) in [5, 5.41) is 16.2. The summed E-state index contributed by atoms with van der Waals surface area (Å²) in [6.07, 6.45) is 2.35. The number of aromatic nitrogens is 2. The molecule has 6 nitrogen and oxygen atoms in total. The summed E-state index contributed by atoms with van der Waals surface area (Å²) < 4.78 is 0. The topological polar surface area (TPSA) is 86.3 Å². The number of aryl methyl sites for hydroxylation is 2. The third-order valence-corrected chi connectivity index (χ3v) is 4.18. The summed E-state index contributed by atoms with van der Waals surface area (Å²) in [7, 11) is 0. The highest BCUT2D eigenvalue weighted by atomic mass is 16.4. The van der Waals surface area contributed by atoms with E-state index in [1.807, 2.05) is 0 Å². The van der Waals surface area contributed by atoms with Crippen molar-refractivity contribution in [2.75, 3.05) is 6.54 Å². The molecule has 110 valence electrons. The fourth-order valence-corrected chi connectivity index (χ4v) is 2.90. The van der Waals surface area contributed by atoms with E-state index < -0.39 is 12.0 Å². The molecule has 2 rings (SSSR count). The summed E-state index contributed by atoms with van der Waals surface area (Å²) in [4.78, 5) is 25.6. The van der Waals surface area contributed by atoms with Gasteiger partial charge in [-0.25, -0.2) is 4.79 Å². The van der Waals surface area contributed by atoms with Gasteiger partial charge in [-0.2, -0.15) is 5.10 Å². The van der Waals surface area contributed by atoms with Crippen molar-refractivity contribution in [2.24, 2.45) is 5.92 Å². The molecule has 2 heterocycles. The predicted molar refractivity (Wildman–Crippen MR) is 73.5 cm³/mol. The summed E-state index contributed by atoms with van der Waals surface area (Å²) >= 11 is 0. The van der Waals surface area contributed by atoms with Crippen LogP contribution in [0.25, 0.3) is 0 Å². The number of nitrogens with one attached hydrogen (secondary N) is 1. The van der Waals surface area contributed by atoms with Gasteiger partial charge in [0.2, 0.25) is 0 Å². The van der Waals surface area contributed by atoms with Crippen LogP contribution in [0, 0.1) is 19.8 Å². The van der Waals surface area contributed by atoms with E-state index in [9.17, 15) is 14.7 Å². The zero-order valence-corrected chi connectivity index (χ0v) is 12.1. The van der Waals surface area contributed by atoms with Crippen LogP contribution in [0.1, 0.15) is 47.9 Å². The van der Waals surface area contributed by atoms with Gasteiger partial charge in [-0.05, 0) is 32.6 Å². The van der Waals surface area contributed by atoms with Gasteiger partial charge in [0, 0.05) is 12.2 Å².